The molecule has 2 aliphatic rings. The SMILES string of the molecule is O=C(C1CCCN1)N1CCc2c(Br)cccc2C1. The minimum Gasteiger partial charge on any atom is -0.337 e. The first-order chi connectivity index (χ1) is 8.75. The Balaban J connectivity index is 1.76. The van der Waals surface area contributed by atoms with Crippen molar-refractivity contribution < 1.29 is 4.79 Å². The van der Waals surface area contributed by atoms with Crippen LogP contribution in [0.4, 0.5) is 0 Å². The predicted molar refractivity (Wildman–Crippen MR) is 74.3 cm³/mol. The summed E-state index contributed by atoms with van der Waals surface area (Å²) in [6.45, 7) is 2.57. The molecule has 3 nitrogen and oxygen atoms in total. The molecule has 1 fully saturated rings. The lowest BCUT2D eigenvalue weighted by Gasteiger charge is -2.31. The van der Waals surface area contributed by atoms with E-state index in [9.17, 15) is 4.79 Å². The first-order valence-corrected chi connectivity index (χ1v) is 7.33. The molecule has 4 heteroatoms. The van der Waals surface area contributed by atoms with Crippen LogP contribution in [0.3, 0.4) is 0 Å². The highest BCUT2D eigenvalue weighted by Crippen LogP contribution is 2.27. The topological polar surface area (TPSA) is 32.3 Å². The van der Waals surface area contributed by atoms with E-state index in [1.54, 1.807) is 0 Å². The van der Waals surface area contributed by atoms with Crippen molar-refractivity contribution in [2.75, 3.05) is 13.1 Å². The first kappa shape index (κ1) is 12.2. The molecular weight excluding hydrogens is 292 g/mol. The molecule has 18 heavy (non-hydrogen) atoms. The van der Waals surface area contributed by atoms with Gasteiger partial charge < -0.3 is 10.2 Å². The van der Waals surface area contributed by atoms with Gasteiger partial charge in [-0.3, -0.25) is 4.79 Å². The molecule has 1 saturated heterocycles. The van der Waals surface area contributed by atoms with Gasteiger partial charge in [-0.1, -0.05) is 28.1 Å². The molecule has 1 aromatic carbocycles. The average molecular weight is 309 g/mol. The summed E-state index contributed by atoms with van der Waals surface area (Å²) in [6, 6.07) is 6.31. The Kier molecular flexibility index (Phi) is 3.39. The van der Waals surface area contributed by atoms with E-state index >= 15 is 0 Å². The fraction of sp³-hybridized carbons (Fsp3) is 0.500. The lowest BCUT2D eigenvalue weighted by atomic mass is 9.99. The molecule has 2 heterocycles. The molecule has 1 aromatic rings. The van der Waals surface area contributed by atoms with Crippen molar-refractivity contribution in [1.29, 1.82) is 0 Å². The van der Waals surface area contributed by atoms with Gasteiger partial charge in [0.15, 0.2) is 0 Å². The quantitative estimate of drug-likeness (QED) is 0.861. The Hall–Kier alpha value is -0.870. The molecule has 0 spiro atoms. The van der Waals surface area contributed by atoms with Gasteiger partial charge in [0.2, 0.25) is 5.91 Å². The van der Waals surface area contributed by atoms with Crippen molar-refractivity contribution in [2.24, 2.45) is 0 Å². The Morgan fingerprint density at radius 1 is 1.44 bits per heavy atom. The lowest BCUT2D eigenvalue weighted by Crippen LogP contribution is -2.45. The zero-order valence-electron chi connectivity index (χ0n) is 10.3. The van der Waals surface area contributed by atoms with Crippen LogP contribution in [-0.4, -0.2) is 29.9 Å². The number of carbonyl (C=O) groups is 1. The van der Waals surface area contributed by atoms with Gasteiger partial charge in [-0.2, -0.15) is 0 Å². The van der Waals surface area contributed by atoms with Crippen LogP contribution < -0.4 is 5.32 Å². The Bertz CT molecular complexity index is 469. The van der Waals surface area contributed by atoms with Gasteiger partial charge >= 0.3 is 0 Å². The van der Waals surface area contributed by atoms with Crippen molar-refractivity contribution in [3.8, 4) is 0 Å². The molecule has 1 amide bonds. The van der Waals surface area contributed by atoms with E-state index in [1.807, 2.05) is 11.0 Å². The molecule has 0 aromatic heterocycles. The van der Waals surface area contributed by atoms with Crippen LogP contribution in [0.25, 0.3) is 0 Å². The van der Waals surface area contributed by atoms with Gasteiger partial charge in [0, 0.05) is 17.6 Å². The molecule has 3 rings (SSSR count). The lowest BCUT2D eigenvalue weighted by molar-refractivity contribution is -0.134. The molecule has 2 aliphatic heterocycles. The monoisotopic (exact) mass is 308 g/mol. The molecule has 0 radical (unpaired) electrons. The number of nitrogens with one attached hydrogen (secondary N) is 1. The highest BCUT2D eigenvalue weighted by Gasteiger charge is 2.29. The van der Waals surface area contributed by atoms with Gasteiger partial charge in [0.05, 0.1) is 6.04 Å². The Morgan fingerprint density at radius 2 is 2.33 bits per heavy atom. The standard InChI is InChI=1S/C14H17BrN2O/c15-12-4-1-3-10-9-17(8-6-11(10)12)14(18)13-5-2-7-16-13/h1,3-4,13,16H,2,5-9H2. The smallest absolute Gasteiger partial charge is 0.240 e. The molecule has 0 saturated carbocycles. The van der Waals surface area contributed by atoms with Gasteiger partial charge in [-0.25, -0.2) is 0 Å². The summed E-state index contributed by atoms with van der Waals surface area (Å²) in [7, 11) is 0. The number of nitrogens with zero attached hydrogens (tertiary/aromatic N) is 1. The first-order valence-electron chi connectivity index (χ1n) is 6.54. The van der Waals surface area contributed by atoms with Gasteiger partial charge in [-0.15, -0.1) is 0 Å². The van der Waals surface area contributed by atoms with Crippen molar-refractivity contribution >= 4 is 21.8 Å². The van der Waals surface area contributed by atoms with E-state index in [0.29, 0.717) is 0 Å². The largest absolute Gasteiger partial charge is 0.337 e. The summed E-state index contributed by atoms with van der Waals surface area (Å²) in [4.78, 5) is 14.3. The molecule has 0 aliphatic carbocycles. The van der Waals surface area contributed by atoms with Gasteiger partial charge in [0.1, 0.15) is 0 Å². The normalized spacial score (nSPS) is 22.9. The summed E-state index contributed by atoms with van der Waals surface area (Å²) in [5, 5.41) is 3.29. The number of rotatable bonds is 1. The predicted octanol–water partition coefficient (Wildman–Crippen LogP) is 2.09. The summed E-state index contributed by atoms with van der Waals surface area (Å²) >= 11 is 3.59. The second kappa shape index (κ2) is 5.02. The zero-order chi connectivity index (χ0) is 12.5. The maximum absolute atomic E-state index is 12.3. The Labute approximate surface area is 116 Å². The van der Waals surface area contributed by atoms with Crippen LogP contribution >= 0.6 is 15.9 Å². The van der Waals surface area contributed by atoms with E-state index in [1.165, 1.54) is 15.6 Å². The van der Waals surface area contributed by atoms with Crippen LogP contribution in [0, 0.1) is 0 Å². The van der Waals surface area contributed by atoms with Crippen molar-refractivity contribution in [3.63, 3.8) is 0 Å². The maximum Gasteiger partial charge on any atom is 0.240 e. The minimum atomic E-state index is 0.0544. The van der Waals surface area contributed by atoms with E-state index in [4.69, 9.17) is 0 Å². The minimum absolute atomic E-state index is 0.0544. The number of carbonyl (C=O) groups excluding carboxylic acids is 1. The van der Waals surface area contributed by atoms with E-state index < -0.39 is 0 Å². The van der Waals surface area contributed by atoms with Crippen molar-refractivity contribution in [3.05, 3.63) is 33.8 Å². The summed E-state index contributed by atoms with van der Waals surface area (Å²) in [5.41, 5.74) is 2.64. The third-order valence-electron chi connectivity index (χ3n) is 3.88. The van der Waals surface area contributed by atoms with Crippen LogP contribution in [0.5, 0.6) is 0 Å². The highest BCUT2D eigenvalue weighted by molar-refractivity contribution is 9.10. The molecule has 1 unspecified atom stereocenters. The van der Waals surface area contributed by atoms with E-state index in [-0.39, 0.29) is 11.9 Å². The third-order valence-corrected chi connectivity index (χ3v) is 4.62. The molecule has 1 atom stereocenters. The molecular formula is C14H17BrN2O. The fourth-order valence-electron chi connectivity index (χ4n) is 2.87. The van der Waals surface area contributed by atoms with E-state index in [0.717, 1.165) is 38.9 Å². The maximum atomic E-state index is 12.3. The van der Waals surface area contributed by atoms with Crippen LogP contribution in [0.2, 0.25) is 0 Å². The molecule has 0 bridgehead atoms. The fourth-order valence-corrected chi connectivity index (χ4v) is 3.47. The Morgan fingerprint density at radius 3 is 3.11 bits per heavy atom. The van der Waals surface area contributed by atoms with Crippen LogP contribution in [0.1, 0.15) is 24.0 Å². The van der Waals surface area contributed by atoms with Crippen LogP contribution in [0.15, 0.2) is 22.7 Å². The number of hydrogen-bond acceptors (Lipinski definition) is 2. The van der Waals surface area contributed by atoms with Crippen LogP contribution in [-0.2, 0) is 17.8 Å². The average Bonchev–Trinajstić information content (AvgIpc) is 2.91. The van der Waals surface area contributed by atoms with Gasteiger partial charge in [-0.05, 0) is 43.0 Å². The summed E-state index contributed by atoms with van der Waals surface area (Å²) in [5.74, 6) is 0.276. The second-order valence-corrected chi connectivity index (χ2v) is 5.89. The van der Waals surface area contributed by atoms with Crippen molar-refractivity contribution in [2.45, 2.75) is 31.8 Å². The van der Waals surface area contributed by atoms with Gasteiger partial charge in [0.25, 0.3) is 0 Å². The number of benzene rings is 1. The number of fused-ring (bicyclic) bond motifs is 1. The van der Waals surface area contributed by atoms with Crippen molar-refractivity contribution in [1.82, 2.24) is 10.2 Å². The number of halogens is 1. The summed E-state index contributed by atoms with van der Waals surface area (Å²) in [6.07, 6.45) is 3.06. The molecule has 1 N–H and O–H groups in total. The number of amides is 1. The van der Waals surface area contributed by atoms with E-state index in [2.05, 4.69) is 33.4 Å². The number of hydrogen-bond donors (Lipinski definition) is 1. The highest BCUT2D eigenvalue weighted by atomic mass is 79.9. The molecule has 96 valence electrons. The zero-order valence-corrected chi connectivity index (χ0v) is 11.9. The second-order valence-electron chi connectivity index (χ2n) is 5.04. The summed E-state index contributed by atoms with van der Waals surface area (Å²) < 4.78 is 1.17. The third kappa shape index (κ3) is 2.19.